The Bertz CT molecular complexity index is 595. The van der Waals surface area contributed by atoms with Gasteiger partial charge in [-0.25, -0.2) is 0 Å². The summed E-state index contributed by atoms with van der Waals surface area (Å²) in [6.45, 7) is 2.37. The van der Waals surface area contributed by atoms with Crippen LogP contribution in [0, 0.1) is 12.3 Å². The van der Waals surface area contributed by atoms with Gasteiger partial charge in [-0.05, 0) is 31.0 Å². The number of nitrogens with zero attached hydrogens (tertiary/aromatic N) is 1. The van der Waals surface area contributed by atoms with Crippen molar-refractivity contribution in [3.63, 3.8) is 0 Å². The number of hydrogen-bond acceptors (Lipinski definition) is 5. The number of terminal acetylenes is 1. The van der Waals surface area contributed by atoms with Crippen LogP contribution in [0.5, 0.6) is 5.75 Å². The minimum atomic E-state index is -0.0435. The summed E-state index contributed by atoms with van der Waals surface area (Å²) >= 11 is 1.76. The number of ether oxygens (including phenoxy) is 1. The first-order valence-corrected chi connectivity index (χ1v) is 7.98. The van der Waals surface area contributed by atoms with E-state index in [-0.39, 0.29) is 11.7 Å². The normalized spacial score (nSPS) is 31.2. The Labute approximate surface area is 129 Å². The molecule has 0 radical (unpaired) electrons. The first-order chi connectivity index (χ1) is 10.2. The smallest absolute Gasteiger partial charge is 0.148 e. The fourth-order valence-corrected chi connectivity index (χ4v) is 4.25. The molecule has 1 aromatic carbocycles. The van der Waals surface area contributed by atoms with Gasteiger partial charge in [-0.1, -0.05) is 18.1 Å². The van der Waals surface area contributed by atoms with E-state index in [1.54, 1.807) is 11.8 Å². The van der Waals surface area contributed by atoms with Crippen molar-refractivity contribution in [3.8, 4) is 18.1 Å². The van der Waals surface area contributed by atoms with E-state index in [2.05, 4.69) is 35.3 Å². The first kappa shape index (κ1) is 14.5. The molecule has 0 spiro atoms. The molecule has 2 heterocycles. The lowest BCUT2D eigenvalue weighted by atomic mass is 9.87. The highest BCUT2D eigenvalue weighted by Gasteiger charge is 2.41. The van der Waals surface area contributed by atoms with Gasteiger partial charge in [-0.15, -0.1) is 18.2 Å². The molecular weight excluding hydrogens is 282 g/mol. The third kappa shape index (κ3) is 3.08. The lowest BCUT2D eigenvalue weighted by Gasteiger charge is -2.30. The van der Waals surface area contributed by atoms with Crippen LogP contribution in [0.15, 0.2) is 29.3 Å². The molecule has 3 N–H and O–H groups in total. The molecule has 0 aliphatic carbocycles. The van der Waals surface area contributed by atoms with Crippen LogP contribution >= 0.6 is 11.8 Å². The molecule has 2 aliphatic heterocycles. The second kappa shape index (κ2) is 6.10. The highest BCUT2D eigenvalue weighted by Crippen LogP contribution is 2.42. The average molecular weight is 301 g/mol. The van der Waals surface area contributed by atoms with Gasteiger partial charge in [-0.2, -0.15) is 0 Å². The van der Waals surface area contributed by atoms with Gasteiger partial charge < -0.3 is 10.5 Å². The third-order valence-electron chi connectivity index (χ3n) is 3.83. The van der Waals surface area contributed by atoms with Crippen molar-refractivity contribution >= 4 is 17.5 Å². The number of aliphatic imine (C=N–C) groups is 1. The fourth-order valence-electron chi connectivity index (χ4n) is 2.96. The first-order valence-electron chi connectivity index (χ1n) is 7.04. The van der Waals surface area contributed by atoms with Crippen LogP contribution in [0.25, 0.3) is 0 Å². The van der Waals surface area contributed by atoms with Crippen molar-refractivity contribution in [1.82, 2.24) is 5.32 Å². The molecule has 4 atom stereocenters. The summed E-state index contributed by atoms with van der Waals surface area (Å²) in [6, 6.07) is 8.19. The highest BCUT2D eigenvalue weighted by atomic mass is 32.2. The van der Waals surface area contributed by atoms with Crippen LogP contribution in [-0.4, -0.2) is 29.2 Å². The van der Waals surface area contributed by atoms with Crippen molar-refractivity contribution < 1.29 is 4.74 Å². The van der Waals surface area contributed by atoms with Gasteiger partial charge in [0.05, 0.1) is 5.25 Å². The van der Waals surface area contributed by atoms with Crippen LogP contribution in [0.4, 0.5) is 0 Å². The van der Waals surface area contributed by atoms with Gasteiger partial charge in [0.25, 0.3) is 0 Å². The van der Waals surface area contributed by atoms with Crippen molar-refractivity contribution in [3.05, 3.63) is 29.8 Å². The Morgan fingerprint density at radius 2 is 2.43 bits per heavy atom. The van der Waals surface area contributed by atoms with Crippen LogP contribution in [0.1, 0.15) is 24.8 Å². The lowest BCUT2D eigenvalue weighted by Crippen LogP contribution is -2.40. The van der Waals surface area contributed by atoms with Gasteiger partial charge in [0.2, 0.25) is 0 Å². The molecule has 0 aromatic heterocycles. The Kier molecular flexibility index (Phi) is 4.20. The Hall–Kier alpha value is -1.48. The zero-order valence-corrected chi connectivity index (χ0v) is 12.8. The molecule has 1 aromatic rings. The molecular formula is C16H19N3OS. The van der Waals surface area contributed by atoms with Crippen molar-refractivity contribution in [1.29, 1.82) is 0 Å². The third-order valence-corrected chi connectivity index (χ3v) is 5.16. The predicted octanol–water partition coefficient (Wildman–Crippen LogP) is 1.92. The van der Waals surface area contributed by atoms with Crippen molar-refractivity contribution in [2.75, 3.05) is 6.61 Å². The summed E-state index contributed by atoms with van der Waals surface area (Å²) in [7, 11) is 0. The monoisotopic (exact) mass is 301 g/mol. The quantitative estimate of drug-likeness (QED) is 0.838. The second-order valence-electron chi connectivity index (χ2n) is 5.37. The van der Waals surface area contributed by atoms with Crippen LogP contribution in [0.2, 0.25) is 0 Å². The summed E-state index contributed by atoms with van der Waals surface area (Å²) in [4.78, 5) is 4.69. The largest absolute Gasteiger partial charge is 0.481 e. The summed E-state index contributed by atoms with van der Waals surface area (Å²) < 4.78 is 5.53. The van der Waals surface area contributed by atoms with E-state index in [1.807, 2.05) is 12.1 Å². The molecule has 0 bridgehead atoms. The molecule has 21 heavy (non-hydrogen) atoms. The Balaban J connectivity index is 1.85. The van der Waals surface area contributed by atoms with E-state index in [1.165, 1.54) is 11.3 Å². The summed E-state index contributed by atoms with van der Waals surface area (Å²) in [6.07, 6.45) is 6.31. The second-order valence-corrected chi connectivity index (χ2v) is 6.70. The van der Waals surface area contributed by atoms with Crippen LogP contribution < -0.4 is 15.8 Å². The van der Waals surface area contributed by atoms with Gasteiger partial charge in [0.1, 0.15) is 24.0 Å². The number of rotatable bonds is 3. The molecule has 0 saturated carbocycles. The Morgan fingerprint density at radius 1 is 1.57 bits per heavy atom. The summed E-state index contributed by atoms with van der Waals surface area (Å²) in [5.41, 5.74) is 8.39. The molecule has 0 amide bonds. The minimum Gasteiger partial charge on any atom is -0.481 e. The van der Waals surface area contributed by atoms with E-state index in [4.69, 9.17) is 16.9 Å². The maximum atomic E-state index is 6.01. The van der Waals surface area contributed by atoms with Gasteiger partial charge in [0, 0.05) is 11.6 Å². The van der Waals surface area contributed by atoms with E-state index >= 15 is 0 Å². The van der Waals surface area contributed by atoms with E-state index < -0.39 is 0 Å². The van der Waals surface area contributed by atoms with Crippen molar-refractivity contribution in [2.45, 2.75) is 36.2 Å². The predicted molar refractivity (Wildman–Crippen MR) is 87.5 cm³/mol. The topological polar surface area (TPSA) is 59.6 Å². The van der Waals surface area contributed by atoms with Crippen LogP contribution in [-0.2, 0) is 0 Å². The summed E-state index contributed by atoms with van der Waals surface area (Å²) in [5.74, 6) is 3.71. The fraction of sp³-hybridized carbons (Fsp3) is 0.438. The standard InChI is InChI=1S/C16H19N3OS/c1-3-7-20-12-6-4-5-11(9-12)13-8-10(2)18-15-14(13)21-16(17)19-15/h1,4-6,9,13-16,19H,7-8,17H2,2H3. The number of nitrogens with two attached hydrogens (primary N) is 1. The number of hydrogen-bond donors (Lipinski definition) is 2. The molecule has 3 rings (SSSR count). The van der Waals surface area contributed by atoms with E-state index in [0.29, 0.717) is 17.8 Å². The van der Waals surface area contributed by atoms with Crippen LogP contribution in [0.3, 0.4) is 0 Å². The molecule has 2 aliphatic rings. The van der Waals surface area contributed by atoms with Crippen molar-refractivity contribution in [2.24, 2.45) is 10.7 Å². The molecule has 4 nitrogen and oxygen atoms in total. The number of nitrogens with one attached hydrogen (secondary N) is 1. The summed E-state index contributed by atoms with van der Waals surface area (Å²) in [5, 5.41) is 3.70. The van der Waals surface area contributed by atoms with E-state index in [9.17, 15) is 0 Å². The van der Waals surface area contributed by atoms with Gasteiger partial charge in [0.15, 0.2) is 0 Å². The molecule has 1 saturated heterocycles. The average Bonchev–Trinajstić information content (AvgIpc) is 2.84. The van der Waals surface area contributed by atoms with Gasteiger partial charge in [-0.3, -0.25) is 10.3 Å². The van der Waals surface area contributed by atoms with E-state index in [0.717, 1.165) is 12.2 Å². The number of fused-ring (bicyclic) bond motifs is 1. The lowest BCUT2D eigenvalue weighted by molar-refractivity contribution is 0.369. The van der Waals surface area contributed by atoms with Gasteiger partial charge >= 0.3 is 0 Å². The highest BCUT2D eigenvalue weighted by molar-refractivity contribution is 8.00. The Morgan fingerprint density at radius 3 is 3.24 bits per heavy atom. The zero-order valence-electron chi connectivity index (χ0n) is 12.0. The molecule has 110 valence electrons. The minimum absolute atomic E-state index is 0.0435. The maximum absolute atomic E-state index is 6.01. The number of thioether (sulfide) groups is 1. The molecule has 1 fully saturated rings. The maximum Gasteiger partial charge on any atom is 0.148 e. The number of benzene rings is 1. The molecule has 5 heteroatoms. The SMILES string of the molecule is C#CCOc1cccc(C2CC(C)=NC3NC(N)SC32)c1. The molecule has 4 unspecified atom stereocenters. The zero-order chi connectivity index (χ0) is 14.8.